The number of nitrogen functional groups attached to an aromatic ring is 1. The van der Waals surface area contributed by atoms with Gasteiger partial charge in [-0.05, 0) is 23.8 Å². The first-order chi connectivity index (χ1) is 10.1. The van der Waals surface area contributed by atoms with Gasteiger partial charge >= 0.3 is 5.69 Å². The van der Waals surface area contributed by atoms with Gasteiger partial charge in [-0.3, -0.25) is 10.1 Å². The van der Waals surface area contributed by atoms with Gasteiger partial charge in [-0.25, -0.2) is 10.8 Å². The topological polar surface area (TPSA) is 115 Å². The Morgan fingerprint density at radius 2 is 2.19 bits per heavy atom. The maximum Gasteiger partial charge on any atom is 0.311 e. The molecule has 0 bridgehead atoms. The van der Waals surface area contributed by atoms with Gasteiger partial charge in [-0.1, -0.05) is 12.1 Å². The number of nitrogens with one attached hydrogen (secondary N) is 2. The highest BCUT2D eigenvalue weighted by molar-refractivity contribution is 5.60. The monoisotopic (exact) mass is 289 g/mol. The molecule has 1 aromatic carbocycles. The van der Waals surface area contributed by atoms with Gasteiger partial charge in [0.25, 0.3) is 0 Å². The Bertz CT molecular complexity index is 647. The van der Waals surface area contributed by atoms with E-state index in [0.29, 0.717) is 18.1 Å². The Balaban J connectivity index is 2.19. The van der Waals surface area contributed by atoms with Crippen molar-refractivity contribution in [1.29, 1.82) is 0 Å². The van der Waals surface area contributed by atoms with E-state index < -0.39 is 4.92 Å². The molecule has 2 aromatic rings. The third-order valence-electron chi connectivity index (χ3n) is 2.81. The molecule has 0 aliphatic heterocycles. The highest BCUT2D eigenvalue weighted by atomic mass is 16.6. The van der Waals surface area contributed by atoms with Crippen LogP contribution in [0, 0.1) is 10.1 Å². The summed E-state index contributed by atoms with van der Waals surface area (Å²) in [5, 5.41) is 13.9. The molecular weight excluding hydrogens is 274 g/mol. The second-order valence-corrected chi connectivity index (χ2v) is 4.17. The Hall–Kier alpha value is -2.87. The molecule has 0 atom stereocenters. The number of pyridine rings is 1. The number of methoxy groups -OCH3 is 1. The van der Waals surface area contributed by atoms with Gasteiger partial charge in [0, 0.05) is 12.6 Å². The molecular formula is C13H15N5O3. The summed E-state index contributed by atoms with van der Waals surface area (Å²) >= 11 is 0. The number of rotatable bonds is 6. The second-order valence-electron chi connectivity index (χ2n) is 4.17. The van der Waals surface area contributed by atoms with Crippen molar-refractivity contribution in [3.63, 3.8) is 0 Å². The molecule has 2 rings (SSSR count). The van der Waals surface area contributed by atoms with Crippen molar-refractivity contribution < 1.29 is 9.66 Å². The molecule has 110 valence electrons. The van der Waals surface area contributed by atoms with Gasteiger partial charge in [-0.2, -0.15) is 0 Å². The molecule has 8 heteroatoms. The summed E-state index contributed by atoms with van der Waals surface area (Å²) < 4.78 is 5.13. The third kappa shape index (κ3) is 3.57. The lowest BCUT2D eigenvalue weighted by Gasteiger charge is -2.09. The van der Waals surface area contributed by atoms with Crippen LogP contribution in [0.3, 0.4) is 0 Å². The lowest BCUT2D eigenvalue weighted by molar-refractivity contribution is -0.384. The summed E-state index contributed by atoms with van der Waals surface area (Å²) in [5.41, 5.74) is 3.16. The van der Waals surface area contributed by atoms with Crippen molar-refractivity contribution in [2.75, 3.05) is 17.9 Å². The molecule has 1 heterocycles. The minimum absolute atomic E-state index is 0.114. The number of aromatic nitrogens is 1. The highest BCUT2D eigenvalue weighted by Gasteiger charge is 2.15. The van der Waals surface area contributed by atoms with Crippen molar-refractivity contribution in [2.45, 2.75) is 6.54 Å². The van der Waals surface area contributed by atoms with Crippen LogP contribution in [0.25, 0.3) is 0 Å². The van der Waals surface area contributed by atoms with Gasteiger partial charge in [0.05, 0.1) is 12.0 Å². The van der Waals surface area contributed by atoms with Crippen LogP contribution in [0.2, 0.25) is 0 Å². The van der Waals surface area contributed by atoms with Gasteiger partial charge in [0.1, 0.15) is 11.6 Å². The van der Waals surface area contributed by atoms with E-state index >= 15 is 0 Å². The van der Waals surface area contributed by atoms with Crippen LogP contribution >= 0.6 is 0 Å². The SMILES string of the molecule is COc1cccc(CNc2nc(NN)ccc2[N+](=O)[O-])c1. The van der Waals surface area contributed by atoms with Gasteiger partial charge in [0.15, 0.2) is 0 Å². The molecule has 0 aliphatic carbocycles. The van der Waals surface area contributed by atoms with Crippen LogP contribution in [0.15, 0.2) is 36.4 Å². The number of nitrogens with two attached hydrogens (primary N) is 1. The maximum absolute atomic E-state index is 11.0. The van der Waals surface area contributed by atoms with E-state index in [9.17, 15) is 10.1 Å². The minimum atomic E-state index is -0.499. The first-order valence-corrected chi connectivity index (χ1v) is 6.13. The zero-order valence-corrected chi connectivity index (χ0v) is 11.4. The summed E-state index contributed by atoms with van der Waals surface area (Å²) in [6.45, 7) is 0.374. The van der Waals surface area contributed by atoms with Crippen molar-refractivity contribution in [3.05, 3.63) is 52.1 Å². The van der Waals surface area contributed by atoms with E-state index in [1.807, 2.05) is 24.3 Å². The second kappa shape index (κ2) is 6.53. The van der Waals surface area contributed by atoms with E-state index in [4.69, 9.17) is 10.6 Å². The number of hydrazine groups is 1. The predicted molar refractivity (Wildman–Crippen MR) is 79.0 cm³/mol. The molecule has 0 fully saturated rings. The van der Waals surface area contributed by atoms with E-state index in [1.165, 1.54) is 12.1 Å². The fourth-order valence-corrected chi connectivity index (χ4v) is 1.78. The molecule has 0 radical (unpaired) electrons. The smallest absolute Gasteiger partial charge is 0.311 e. The molecule has 4 N–H and O–H groups in total. The van der Waals surface area contributed by atoms with Crippen LogP contribution in [0.1, 0.15) is 5.56 Å². The summed E-state index contributed by atoms with van der Waals surface area (Å²) in [6.07, 6.45) is 0. The molecule has 0 aliphatic rings. The minimum Gasteiger partial charge on any atom is -0.497 e. The number of ether oxygens (including phenoxy) is 1. The average Bonchev–Trinajstić information content (AvgIpc) is 2.52. The fourth-order valence-electron chi connectivity index (χ4n) is 1.78. The Morgan fingerprint density at radius 3 is 2.86 bits per heavy atom. The normalized spacial score (nSPS) is 10.0. The average molecular weight is 289 g/mol. The number of nitrogens with zero attached hydrogens (tertiary/aromatic N) is 2. The van der Waals surface area contributed by atoms with Crippen molar-refractivity contribution in [1.82, 2.24) is 4.98 Å². The lowest BCUT2D eigenvalue weighted by atomic mass is 10.2. The molecule has 8 nitrogen and oxygen atoms in total. The summed E-state index contributed by atoms with van der Waals surface area (Å²) in [4.78, 5) is 14.5. The van der Waals surface area contributed by atoms with Gasteiger partial charge in [-0.15, -0.1) is 0 Å². The third-order valence-corrected chi connectivity index (χ3v) is 2.81. The van der Waals surface area contributed by atoms with Gasteiger partial charge < -0.3 is 15.5 Å². The standard InChI is InChI=1S/C13H15N5O3/c1-21-10-4-2-3-9(7-10)8-15-13-11(18(19)20)5-6-12(16-13)17-14/h2-7H,8,14H2,1H3,(H2,15,16,17). The van der Waals surface area contributed by atoms with E-state index in [1.54, 1.807) is 7.11 Å². The zero-order chi connectivity index (χ0) is 15.2. The summed E-state index contributed by atoms with van der Waals surface area (Å²) in [6, 6.07) is 10.2. The van der Waals surface area contributed by atoms with Crippen molar-refractivity contribution in [2.24, 2.45) is 5.84 Å². The maximum atomic E-state index is 11.0. The number of hydrogen-bond acceptors (Lipinski definition) is 7. The molecule has 0 amide bonds. The molecule has 21 heavy (non-hydrogen) atoms. The molecule has 1 aromatic heterocycles. The zero-order valence-electron chi connectivity index (χ0n) is 11.4. The first kappa shape index (κ1) is 14.5. The van der Waals surface area contributed by atoms with Crippen LogP contribution in [0.4, 0.5) is 17.3 Å². The van der Waals surface area contributed by atoms with E-state index in [-0.39, 0.29) is 11.5 Å². The number of anilines is 2. The molecule has 0 saturated heterocycles. The van der Waals surface area contributed by atoms with E-state index in [0.717, 1.165) is 5.56 Å². The summed E-state index contributed by atoms with van der Waals surface area (Å²) in [5.74, 6) is 6.47. The predicted octanol–water partition coefficient (Wildman–Crippen LogP) is 1.90. The highest BCUT2D eigenvalue weighted by Crippen LogP contribution is 2.24. The Kier molecular flexibility index (Phi) is 4.52. The molecule has 0 saturated carbocycles. The van der Waals surface area contributed by atoms with Crippen LogP contribution < -0.4 is 21.3 Å². The number of hydrogen-bond donors (Lipinski definition) is 3. The summed E-state index contributed by atoms with van der Waals surface area (Å²) in [7, 11) is 1.58. The van der Waals surface area contributed by atoms with Crippen LogP contribution in [0.5, 0.6) is 5.75 Å². The van der Waals surface area contributed by atoms with Crippen LogP contribution in [-0.2, 0) is 6.54 Å². The fraction of sp³-hybridized carbons (Fsp3) is 0.154. The Morgan fingerprint density at radius 1 is 1.38 bits per heavy atom. The number of benzene rings is 1. The lowest BCUT2D eigenvalue weighted by Crippen LogP contribution is -2.11. The molecule has 0 unspecified atom stereocenters. The van der Waals surface area contributed by atoms with Gasteiger partial charge in [0.2, 0.25) is 5.82 Å². The largest absolute Gasteiger partial charge is 0.497 e. The van der Waals surface area contributed by atoms with Crippen molar-refractivity contribution >= 4 is 17.3 Å². The van der Waals surface area contributed by atoms with Crippen molar-refractivity contribution in [3.8, 4) is 5.75 Å². The first-order valence-electron chi connectivity index (χ1n) is 6.13. The molecule has 0 spiro atoms. The quantitative estimate of drug-likeness (QED) is 0.422. The van der Waals surface area contributed by atoms with E-state index in [2.05, 4.69) is 15.7 Å². The number of nitro groups is 1. The van der Waals surface area contributed by atoms with Crippen LogP contribution in [-0.4, -0.2) is 17.0 Å². The Labute approximate surface area is 121 Å².